The Morgan fingerprint density at radius 2 is 1.88 bits per heavy atom. The first-order valence-electron chi connectivity index (χ1n) is 10.5. The summed E-state index contributed by atoms with van der Waals surface area (Å²) in [5.74, 6) is -0.546. The second-order valence-corrected chi connectivity index (χ2v) is 7.92. The Morgan fingerprint density at radius 3 is 2.66 bits per heavy atom. The first-order chi connectivity index (χ1) is 15.4. The lowest BCUT2D eigenvalue weighted by atomic mass is 10.1. The van der Waals surface area contributed by atoms with Gasteiger partial charge in [0, 0.05) is 18.7 Å². The van der Waals surface area contributed by atoms with E-state index in [1.807, 2.05) is 32.0 Å². The third-order valence-corrected chi connectivity index (χ3v) is 5.80. The lowest BCUT2D eigenvalue weighted by Crippen LogP contribution is -2.29. The molecule has 0 spiro atoms. The quantitative estimate of drug-likeness (QED) is 0.621. The number of carbonyl (C=O) groups excluding carboxylic acids is 3. The van der Waals surface area contributed by atoms with Gasteiger partial charge >= 0.3 is 0 Å². The molecule has 1 fully saturated rings. The van der Waals surface area contributed by atoms with Gasteiger partial charge in [0.25, 0.3) is 5.91 Å². The van der Waals surface area contributed by atoms with E-state index in [0.29, 0.717) is 23.6 Å². The summed E-state index contributed by atoms with van der Waals surface area (Å²) in [6.45, 7) is 4.53. The number of anilines is 2. The molecule has 1 saturated heterocycles. The summed E-state index contributed by atoms with van der Waals surface area (Å²) in [6, 6.07) is 16.1. The van der Waals surface area contributed by atoms with Crippen molar-refractivity contribution in [2.24, 2.45) is 5.92 Å². The predicted octanol–water partition coefficient (Wildman–Crippen LogP) is 3.82. The molecule has 2 N–H and O–H groups in total. The van der Waals surface area contributed by atoms with Gasteiger partial charge in [0.05, 0.1) is 30.0 Å². The fourth-order valence-corrected chi connectivity index (χ4v) is 3.84. The molecule has 1 atom stereocenters. The fraction of sp³-hybridized carbons (Fsp3) is 0.240. The minimum Gasteiger partial charge on any atom is -0.467 e. The van der Waals surface area contributed by atoms with Crippen LogP contribution < -0.4 is 15.5 Å². The van der Waals surface area contributed by atoms with Crippen LogP contribution in [-0.2, 0) is 16.1 Å². The van der Waals surface area contributed by atoms with Gasteiger partial charge in [-0.05, 0) is 55.3 Å². The number of amides is 3. The number of aryl methyl sites for hydroxylation is 1. The number of rotatable bonds is 6. The Balaban J connectivity index is 1.45. The van der Waals surface area contributed by atoms with E-state index in [0.717, 1.165) is 16.8 Å². The van der Waals surface area contributed by atoms with Crippen LogP contribution in [0.1, 0.15) is 33.7 Å². The number of nitrogens with one attached hydrogen (secondary N) is 2. The molecule has 2 heterocycles. The molecule has 1 aliphatic heterocycles. The van der Waals surface area contributed by atoms with E-state index in [9.17, 15) is 14.4 Å². The second-order valence-electron chi connectivity index (χ2n) is 7.92. The normalized spacial score (nSPS) is 15.6. The Morgan fingerprint density at radius 1 is 1.06 bits per heavy atom. The minimum atomic E-state index is -0.498. The molecule has 1 aliphatic rings. The maximum Gasteiger partial charge on any atom is 0.253 e. The standard InChI is InChI=1S/C25H25N3O4/c1-16-7-5-11-22(17(16)2)28-15-18(13-23(28)29)24(30)27-21-10-4-3-9-20(21)25(31)26-14-19-8-6-12-32-19/h3-12,18H,13-15H2,1-2H3,(H,26,31)(H,27,30)/t18-/m1/s1. The van der Waals surface area contributed by atoms with Crippen molar-refractivity contribution in [3.63, 3.8) is 0 Å². The lowest BCUT2D eigenvalue weighted by Gasteiger charge is -2.20. The van der Waals surface area contributed by atoms with Gasteiger partial charge in [0.2, 0.25) is 11.8 Å². The number of hydrogen-bond donors (Lipinski definition) is 2. The van der Waals surface area contributed by atoms with Gasteiger partial charge in [-0.15, -0.1) is 0 Å². The summed E-state index contributed by atoms with van der Waals surface area (Å²) < 4.78 is 5.23. The highest BCUT2D eigenvalue weighted by molar-refractivity contribution is 6.07. The molecule has 4 rings (SSSR count). The van der Waals surface area contributed by atoms with Gasteiger partial charge in [-0.1, -0.05) is 24.3 Å². The summed E-state index contributed by atoms with van der Waals surface area (Å²) in [5.41, 5.74) is 3.72. The molecule has 0 aliphatic carbocycles. The van der Waals surface area contributed by atoms with Crippen molar-refractivity contribution in [2.75, 3.05) is 16.8 Å². The maximum absolute atomic E-state index is 13.0. The van der Waals surface area contributed by atoms with E-state index in [1.54, 1.807) is 47.6 Å². The molecule has 0 saturated carbocycles. The number of furan rings is 1. The highest BCUT2D eigenvalue weighted by Crippen LogP contribution is 2.30. The Labute approximate surface area is 186 Å². The third kappa shape index (κ3) is 4.42. The zero-order valence-electron chi connectivity index (χ0n) is 18.1. The second kappa shape index (κ2) is 9.09. The molecule has 7 nitrogen and oxygen atoms in total. The lowest BCUT2D eigenvalue weighted by molar-refractivity contribution is -0.122. The number of benzene rings is 2. The van der Waals surface area contributed by atoms with E-state index in [4.69, 9.17) is 4.42 Å². The highest BCUT2D eigenvalue weighted by Gasteiger charge is 2.36. The predicted molar refractivity (Wildman–Crippen MR) is 121 cm³/mol. The van der Waals surface area contributed by atoms with Gasteiger partial charge < -0.3 is 20.0 Å². The zero-order valence-corrected chi connectivity index (χ0v) is 18.1. The topological polar surface area (TPSA) is 91.7 Å². The van der Waals surface area contributed by atoms with Crippen molar-refractivity contribution in [1.29, 1.82) is 0 Å². The van der Waals surface area contributed by atoms with Crippen LogP contribution in [-0.4, -0.2) is 24.3 Å². The summed E-state index contributed by atoms with van der Waals surface area (Å²) in [4.78, 5) is 40.0. The van der Waals surface area contributed by atoms with Crippen LogP contribution in [0.15, 0.2) is 65.3 Å². The molecule has 0 radical (unpaired) electrons. The van der Waals surface area contributed by atoms with E-state index in [-0.39, 0.29) is 30.7 Å². The first kappa shape index (κ1) is 21.4. The van der Waals surface area contributed by atoms with Crippen LogP contribution in [0.25, 0.3) is 0 Å². The van der Waals surface area contributed by atoms with Crippen molar-refractivity contribution < 1.29 is 18.8 Å². The van der Waals surface area contributed by atoms with Crippen LogP contribution in [0.3, 0.4) is 0 Å². The SMILES string of the molecule is Cc1cccc(N2C[C@H](C(=O)Nc3ccccc3C(=O)NCc3ccco3)CC2=O)c1C. The summed E-state index contributed by atoms with van der Waals surface area (Å²) in [6.07, 6.45) is 1.67. The summed E-state index contributed by atoms with van der Waals surface area (Å²) in [7, 11) is 0. The highest BCUT2D eigenvalue weighted by atomic mass is 16.3. The molecule has 3 aromatic rings. The van der Waals surface area contributed by atoms with E-state index < -0.39 is 5.92 Å². The van der Waals surface area contributed by atoms with Gasteiger partial charge in [-0.3, -0.25) is 14.4 Å². The van der Waals surface area contributed by atoms with Gasteiger partial charge in [-0.25, -0.2) is 0 Å². The van der Waals surface area contributed by atoms with E-state index >= 15 is 0 Å². The van der Waals surface area contributed by atoms with Crippen molar-refractivity contribution in [2.45, 2.75) is 26.8 Å². The molecule has 7 heteroatoms. The van der Waals surface area contributed by atoms with E-state index in [1.165, 1.54) is 0 Å². The zero-order chi connectivity index (χ0) is 22.7. The molecule has 1 aromatic heterocycles. The molecule has 2 aromatic carbocycles. The molecule has 0 unspecified atom stereocenters. The minimum absolute atomic E-state index is 0.0803. The molecular weight excluding hydrogens is 406 g/mol. The average molecular weight is 431 g/mol. The smallest absolute Gasteiger partial charge is 0.253 e. The van der Waals surface area contributed by atoms with Crippen LogP contribution in [0.2, 0.25) is 0 Å². The Kier molecular flexibility index (Phi) is 6.07. The number of hydrogen-bond acceptors (Lipinski definition) is 4. The third-order valence-electron chi connectivity index (χ3n) is 5.80. The van der Waals surface area contributed by atoms with E-state index in [2.05, 4.69) is 10.6 Å². The Hall–Kier alpha value is -3.87. The Bertz CT molecular complexity index is 1150. The van der Waals surface area contributed by atoms with Crippen molar-refractivity contribution in [3.05, 3.63) is 83.3 Å². The number of nitrogens with zero attached hydrogens (tertiary/aromatic N) is 1. The fourth-order valence-electron chi connectivity index (χ4n) is 3.84. The summed E-state index contributed by atoms with van der Waals surface area (Å²) >= 11 is 0. The van der Waals surface area contributed by atoms with Crippen molar-refractivity contribution in [1.82, 2.24) is 5.32 Å². The molecule has 0 bridgehead atoms. The van der Waals surface area contributed by atoms with Crippen LogP contribution in [0.5, 0.6) is 0 Å². The molecule has 164 valence electrons. The van der Waals surface area contributed by atoms with Crippen molar-refractivity contribution in [3.8, 4) is 0 Å². The van der Waals surface area contributed by atoms with Crippen molar-refractivity contribution >= 4 is 29.1 Å². The van der Waals surface area contributed by atoms with Crippen LogP contribution >= 0.6 is 0 Å². The number of carbonyl (C=O) groups is 3. The van der Waals surface area contributed by atoms with Crippen LogP contribution in [0, 0.1) is 19.8 Å². The van der Waals surface area contributed by atoms with Crippen LogP contribution in [0.4, 0.5) is 11.4 Å². The first-order valence-corrected chi connectivity index (χ1v) is 10.5. The molecule has 32 heavy (non-hydrogen) atoms. The molecule has 3 amide bonds. The summed E-state index contributed by atoms with van der Waals surface area (Å²) in [5, 5.41) is 5.63. The average Bonchev–Trinajstić information content (AvgIpc) is 3.44. The van der Waals surface area contributed by atoms with Gasteiger partial charge in [0.15, 0.2) is 0 Å². The maximum atomic E-state index is 13.0. The van der Waals surface area contributed by atoms with Gasteiger partial charge in [-0.2, -0.15) is 0 Å². The number of para-hydroxylation sites is 1. The largest absolute Gasteiger partial charge is 0.467 e. The molecular formula is C25H25N3O4. The monoisotopic (exact) mass is 431 g/mol. The van der Waals surface area contributed by atoms with Gasteiger partial charge in [0.1, 0.15) is 5.76 Å².